The van der Waals surface area contributed by atoms with Gasteiger partial charge in [0.05, 0.1) is 18.0 Å². The summed E-state index contributed by atoms with van der Waals surface area (Å²) in [5.41, 5.74) is 0. The van der Waals surface area contributed by atoms with E-state index in [1.165, 1.54) is 42.7 Å². The van der Waals surface area contributed by atoms with Crippen LogP contribution < -0.4 is 4.74 Å². The zero-order valence-corrected chi connectivity index (χ0v) is 11.8. The van der Waals surface area contributed by atoms with Crippen molar-refractivity contribution in [2.24, 2.45) is 0 Å². The molecule has 21 heavy (non-hydrogen) atoms. The monoisotopic (exact) mass is 303 g/mol. The Hall–Kier alpha value is -2.47. The molecule has 3 aromatic rings. The summed E-state index contributed by atoms with van der Waals surface area (Å²) >= 11 is 1.28. The van der Waals surface area contributed by atoms with E-state index in [0.717, 1.165) is 10.1 Å². The molecule has 0 aliphatic heterocycles. The lowest BCUT2D eigenvalue weighted by Gasteiger charge is -2.05. The van der Waals surface area contributed by atoms with E-state index in [2.05, 4.69) is 4.98 Å². The predicted octanol–water partition coefficient (Wildman–Crippen LogP) is 4.01. The lowest BCUT2D eigenvalue weighted by atomic mass is 10.3. The first-order chi connectivity index (χ1) is 10.2. The SMILES string of the molecule is COC(=O)c1cc2c(Oc3ccc(F)cc3)cncc2s1. The van der Waals surface area contributed by atoms with E-state index >= 15 is 0 Å². The second-order valence-corrected chi connectivity index (χ2v) is 5.29. The molecule has 0 saturated carbocycles. The Morgan fingerprint density at radius 2 is 2.00 bits per heavy atom. The summed E-state index contributed by atoms with van der Waals surface area (Å²) in [5, 5.41) is 0.764. The Kier molecular flexibility index (Phi) is 3.53. The lowest BCUT2D eigenvalue weighted by Crippen LogP contribution is -1.96. The largest absolute Gasteiger partial charge is 0.465 e. The van der Waals surface area contributed by atoms with Gasteiger partial charge in [-0.15, -0.1) is 11.3 Å². The van der Waals surface area contributed by atoms with Crippen molar-refractivity contribution in [3.63, 3.8) is 0 Å². The molecule has 0 aliphatic rings. The summed E-state index contributed by atoms with van der Waals surface area (Å²) in [7, 11) is 1.33. The third-order valence-electron chi connectivity index (χ3n) is 2.84. The Morgan fingerprint density at radius 3 is 2.71 bits per heavy atom. The maximum atomic E-state index is 12.9. The summed E-state index contributed by atoms with van der Waals surface area (Å²) < 4.78 is 24.1. The molecule has 106 valence electrons. The van der Waals surface area contributed by atoms with Gasteiger partial charge in [-0.2, -0.15) is 0 Å². The first-order valence-corrected chi connectivity index (χ1v) is 6.88. The molecule has 6 heteroatoms. The van der Waals surface area contributed by atoms with Gasteiger partial charge in [0.1, 0.15) is 16.4 Å². The topological polar surface area (TPSA) is 48.4 Å². The average molecular weight is 303 g/mol. The molecule has 0 fully saturated rings. The Morgan fingerprint density at radius 1 is 1.24 bits per heavy atom. The second kappa shape index (κ2) is 5.49. The molecule has 0 saturated heterocycles. The molecule has 0 atom stereocenters. The van der Waals surface area contributed by atoms with Crippen LogP contribution in [0.4, 0.5) is 4.39 Å². The van der Waals surface area contributed by atoms with Crippen LogP contribution in [0.2, 0.25) is 0 Å². The minimum atomic E-state index is -0.399. The number of hydrogen-bond donors (Lipinski definition) is 0. The maximum absolute atomic E-state index is 12.9. The van der Waals surface area contributed by atoms with E-state index in [-0.39, 0.29) is 5.82 Å². The molecular weight excluding hydrogens is 293 g/mol. The van der Waals surface area contributed by atoms with Gasteiger partial charge in [0.25, 0.3) is 0 Å². The van der Waals surface area contributed by atoms with Crippen LogP contribution >= 0.6 is 11.3 Å². The second-order valence-electron chi connectivity index (χ2n) is 4.21. The van der Waals surface area contributed by atoms with Crippen molar-refractivity contribution < 1.29 is 18.7 Å². The number of halogens is 1. The van der Waals surface area contributed by atoms with E-state index in [4.69, 9.17) is 9.47 Å². The zero-order valence-electron chi connectivity index (χ0n) is 11.0. The maximum Gasteiger partial charge on any atom is 0.348 e. The number of pyridine rings is 1. The number of carbonyl (C=O) groups excluding carboxylic acids is 1. The number of benzene rings is 1. The molecule has 4 nitrogen and oxygen atoms in total. The van der Waals surface area contributed by atoms with Crippen molar-refractivity contribution in [1.82, 2.24) is 4.98 Å². The number of fused-ring (bicyclic) bond motifs is 1. The highest BCUT2D eigenvalue weighted by molar-refractivity contribution is 7.20. The first kappa shape index (κ1) is 13.5. The third kappa shape index (κ3) is 2.71. The molecule has 0 N–H and O–H groups in total. The van der Waals surface area contributed by atoms with Gasteiger partial charge in [0, 0.05) is 11.6 Å². The Labute approximate surface area is 123 Å². The van der Waals surface area contributed by atoms with E-state index < -0.39 is 5.97 Å². The van der Waals surface area contributed by atoms with Gasteiger partial charge in [-0.05, 0) is 30.3 Å². The molecule has 0 amide bonds. The van der Waals surface area contributed by atoms with Gasteiger partial charge in [-0.1, -0.05) is 0 Å². The van der Waals surface area contributed by atoms with Crippen LogP contribution in [-0.4, -0.2) is 18.1 Å². The van der Waals surface area contributed by atoms with E-state index in [1.807, 2.05) is 0 Å². The van der Waals surface area contributed by atoms with Gasteiger partial charge in [-0.25, -0.2) is 9.18 Å². The van der Waals surface area contributed by atoms with Crippen molar-refractivity contribution in [2.45, 2.75) is 0 Å². The van der Waals surface area contributed by atoms with Crippen molar-refractivity contribution in [2.75, 3.05) is 7.11 Å². The summed E-state index contributed by atoms with van der Waals surface area (Å²) in [4.78, 5) is 16.1. The zero-order chi connectivity index (χ0) is 14.8. The number of methoxy groups -OCH3 is 1. The van der Waals surface area contributed by atoms with Gasteiger partial charge in [-0.3, -0.25) is 4.98 Å². The number of carbonyl (C=O) groups is 1. The van der Waals surface area contributed by atoms with Crippen molar-refractivity contribution in [3.8, 4) is 11.5 Å². The number of rotatable bonds is 3. The molecule has 2 heterocycles. The molecule has 0 aliphatic carbocycles. The van der Waals surface area contributed by atoms with Crippen molar-refractivity contribution in [1.29, 1.82) is 0 Å². The predicted molar refractivity (Wildman–Crippen MR) is 77.4 cm³/mol. The fourth-order valence-electron chi connectivity index (χ4n) is 1.85. The number of thiophene rings is 1. The molecule has 2 aromatic heterocycles. The molecule has 1 aromatic carbocycles. The highest BCUT2D eigenvalue weighted by Gasteiger charge is 2.14. The highest BCUT2D eigenvalue weighted by atomic mass is 32.1. The van der Waals surface area contributed by atoms with Gasteiger partial charge >= 0.3 is 5.97 Å². The van der Waals surface area contributed by atoms with Crippen molar-refractivity contribution >= 4 is 27.4 Å². The summed E-state index contributed by atoms with van der Waals surface area (Å²) in [6.45, 7) is 0. The standard InChI is InChI=1S/C15H10FNO3S/c1-19-15(18)13-6-11-12(7-17-8-14(11)21-13)20-10-4-2-9(16)3-5-10/h2-8H,1H3. The Balaban J connectivity index is 2.00. The third-order valence-corrected chi connectivity index (χ3v) is 3.89. The number of esters is 1. The summed E-state index contributed by atoms with van der Waals surface area (Å²) in [6, 6.07) is 7.39. The number of hydrogen-bond acceptors (Lipinski definition) is 5. The van der Waals surface area contributed by atoms with Crippen LogP contribution in [0.25, 0.3) is 10.1 Å². The highest BCUT2D eigenvalue weighted by Crippen LogP contribution is 2.34. The quantitative estimate of drug-likeness (QED) is 0.686. The van der Waals surface area contributed by atoms with Gasteiger partial charge in [0.15, 0.2) is 5.75 Å². The fourth-order valence-corrected chi connectivity index (χ4v) is 2.81. The molecule has 0 spiro atoms. The smallest absolute Gasteiger partial charge is 0.348 e. The molecular formula is C15H10FNO3S. The van der Waals surface area contributed by atoms with Gasteiger partial charge in [0.2, 0.25) is 0 Å². The number of ether oxygens (including phenoxy) is 2. The minimum absolute atomic E-state index is 0.331. The summed E-state index contributed by atoms with van der Waals surface area (Å²) in [6.07, 6.45) is 3.21. The van der Waals surface area contributed by atoms with Crippen LogP contribution in [0.1, 0.15) is 9.67 Å². The molecule has 0 bridgehead atoms. The molecule has 0 unspecified atom stereocenters. The first-order valence-electron chi connectivity index (χ1n) is 6.06. The van der Waals surface area contributed by atoms with Crippen LogP contribution in [0.5, 0.6) is 11.5 Å². The molecule has 0 radical (unpaired) electrons. The lowest BCUT2D eigenvalue weighted by molar-refractivity contribution is 0.0606. The van der Waals surface area contributed by atoms with Gasteiger partial charge < -0.3 is 9.47 Å². The Bertz CT molecular complexity index is 798. The van der Waals surface area contributed by atoms with Crippen LogP contribution in [0.15, 0.2) is 42.7 Å². The van der Waals surface area contributed by atoms with Crippen LogP contribution in [0, 0.1) is 5.82 Å². The summed E-state index contributed by atoms with van der Waals surface area (Å²) in [5.74, 6) is 0.271. The normalized spacial score (nSPS) is 10.6. The van der Waals surface area contributed by atoms with E-state index in [1.54, 1.807) is 18.5 Å². The van der Waals surface area contributed by atoms with E-state index in [9.17, 15) is 9.18 Å². The number of aromatic nitrogens is 1. The van der Waals surface area contributed by atoms with E-state index in [0.29, 0.717) is 16.4 Å². The van der Waals surface area contributed by atoms with Crippen molar-refractivity contribution in [3.05, 3.63) is 53.4 Å². The average Bonchev–Trinajstić information content (AvgIpc) is 2.94. The molecule has 3 rings (SSSR count). The number of nitrogens with zero attached hydrogens (tertiary/aromatic N) is 1. The van der Waals surface area contributed by atoms with Crippen LogP contribution in [0.3, 0.4) is 0 Å². The fraction of sp³-hybridized carbons (Fsp3) is 0.0667. The van der Waals surface area contributed by atoms with Crippen LogP contribution in [-0.2, 0) is 4.74 Å². The minimum Gasteiger partial charge on any atom is -0.465 e.